The molecule has 0 heterocycles. The number of unbranched alkanes of at least 4 members (excludes halogenated alkanes) is 2. The van der Waals surface area contributed by atoms with E-state index in [1.807, 2.05) is 20.8 Å². The van der Waals surface area contributed by atoms with Gasteiger partial charge >= 0.3 is 24.1 Å². The Morgan fingerprint density at radius 3 is 1.85 bits per heavy atom. The summed E-state index contributed by atoms with van der Waals surface area (Å²) >= 11 is 0. The van der Waals surface area contributed by atoms with Gasteiger partial charge in [-0.05, 0) is 57.2 Å². The Labute approximate surface area is 244 Å². The molecule has 0 aromatic heterocycles. The molecule has 10 nitrogen and oxygen atoms in total. The molecule has 1 aromatic rings. The maximum atomic E-state index is 12.7. The second-order valence-corrected chi connectivity index (χ2v) is 10.6. The van der Waals surface area contributed by atoms with Crippen LogP contribution in [0.2, 0.25) is 0 Å². The third-order valence-corrected chi connectivity index (χ3v) is 6.65. The normalized spacial score (nSPS) is 14.6. The minimum absolute atomic E-state index is 0.0653. The van der Waals surface area contributed by atoms with Crippen molar-refractivity contribution in [3.8, 4) is 11.5 Å². The Morgan fingerprint density at radius 1 is 0.732 bits per heavy atom. The lowest BCUT2D eigenvalue weighted by Crippen LogP contribution is -2.39. The lowest BCUT2D eigenvalue weighted by molar-refractivity contribution is -0.155. The zero-order valence-electron chi connectivity index (χ0n) is 25.7. The zero-order chi connectivity index (χ0) is 30.9. The highest BCUT2D eigenvalue weighted by atomic mass is 16.7. The second-order valence-electron chi connectivity index (χ2n) is 10.6. The second kappa shape index (κ2) is 19.1. The van der Waals surface area contributed by atoms with Crippen LogP contribution in [0.5, 0.6) is 11.5 Å². The predicted octanol–water partition coefficient (Wildman–Crippen LogP) is 5.90. The quantitative estimate of drug-likeness (QED) is 0.127. The van der Waals surface area contributed by atoms with Gasteiger partial charge in [-0.25, -0.2) is 4.79 Å². The minimum atomic E-state index is -1.05. The van der Waals surface area contributed by atoms with E-state index in [-0.39, 0.29) is 36.4 Å². The van der Waals surface area contributed by atoms with Crippen molar-refractivity contribution in [1.82, 2.24) is 0 Å². The van der Waals surface area contributed by atoms with Crippen LogP contribution in [0, 0.1) is 11.8 Å². The summed E-state index contributed by atoms with van der Waals surface area (Å²) in [6.07, 6.45) is 3.39. The molecule has 10 heteroatoms. The van der Waals surface area contributed by atoms with Crippen LogP contribution in [0.1, 0.15) is 99.0 Å². The predicted molar refractivity (Wildman–Crippen MR) is 155 cm³/mol. The number of benzene rings is 1. The van der Waals surface area contributed by atoms with Crippen LogP contribution in [-0.4, -0.2) is 48.9 Å². The molecule has 0 radical (unpaired) electrons. The SMILES string of the molecule is CCCCCOC(=O)O[C@@H](C)[C@H](C)OC(=O)[C@@H](N)Cc1ccc(OC(=O)C(C)CCC)c(OC(=O)C(C)CCC)c1. The van der Waals surface area contributed by atoms with Crippen molar-refractivity contribution in [2.75, 3.05) is 6.61 Å². The first kappa shape index (κ1) is 35.9. The topological polar surface area (TPSA) is 140 Å². The Balaban J connectivity index is 2.90. The van der Waals surface area contributed by atoms with Gasteiger partial charge in [0.1, 0.15) is 18.2 Å². The van der Waals surface area contributed by atoms with Gasteiger partial charge in [-0.2, -0.15) is 0 Å². The van der Waals surface area contributed by atoms with Crippen LogP contribution in [0.15, 0.2) is 18.2 Å². The molecule has 0 aliphatic heterocycles. The summed E-state index contributed by atoms with van der Waals surface area (Å²) in [5, 5.41) is 0. The lowest BCUT2D eigenvalue weighted by atomic mass is 10.0. The van der Waals surface area contributed by atoms with Gasteiger partial charge in [-0.3, -0.25) is 14.4 Å². The van der Waals surface area contributed by atoms with E-state index in [9.17, 15) is 19.2 Å². The average Bonchev–Trinajstić information content (AvgIpc) is 2.92. The van der Waals surface area contributed by atoms with Crippen molar-refractivity contribution in [1.29, 1.82) is 0 Å². The van der Waals surface area contributed by atoms with Crippen LogP contribution in [-0.2, 0) is 35.0 Å². The number of esters is 3. The largest absolute Gasteiger partial charge is 0.508 e. The highest BCUT2D eigenvalue weighted by molar-refractivity contribution is 5.79. The molecule has 0 saturated heterocycles. The lowest BCUT2D eigenvalue weighted by Gasteiger charge is -2.22. The Hall–Kier alpha value is -3.14. The number of rotatable bonds is 18. The standard InChI is InChI=1S/C31H49NO9/c1-8-11-12-17-37-31(36)39-23(7)22(6)38-30(35)25(32)18-24-15-16-26(40-28(33)20(4)13-9-2)27(19-24)41-29(34)21(5)14-10-3/h15-16,19-23,25H,8-14,17-18,32H2,1-7H3/t20?,21?,22-,23-,25-/m0/s1. The van der Waals surface area contributed by atoms with Gasteiger partial charge in [0.15, 0.2) is 11.5 Å². The first-order valence-electron chi connectivity index (χ1n) is 14.8. The minimum Gasteiger partial charge on any atom is -0.458 e. The maximum absolute atomic E-state index is 12.7. The summed E-state index contributed by atoms with van der Waals surface area (Å²) < 4.78 is 26.8. The number of hydrogen-bond donors (Lipinski definition) is 1. The number of hydrogen-bond acceptors (Lipinski definition) is 10. The first-order valence-corrected chi connectivity index (χ1v) is 14.8. The summed E-state index contributed by atoms with van der Waals surface area (Å²) in [7, 11) is 0. The van der Waals surface area contributed by atoms with Crippen LogP contribution >= 0.6 is 0 Å². The van der Waals surface area contributed by atoms with E-state index in [1.165, 1.54) is 6.07 Å². The van der Waals surface area contributed by atoms with Crippen molar-refractivity contribution in [2.24, 2.45) is 17.6 Å². The summed E-state index contributed by atoms with van der Waals surface area (Å²) in [6, 6.07) is 3.67. The fourth-order valence-electron chi connectivity index (χ4n) is 3.86. The summed E-state index contributed by atoms with van der Waals surface area (Å²) in [6.45, 7) is 13.0. The van der Waals surface area contributed by atoms with E-state index in [0.717, 1.165) is 32.1 Å². The molecule has 232 valence electrons. The summed E-state index contributed by atoms with van der Waals surface area (Å²) in [4.78, 5) is 49.8. The van der Waals surface area contributed by atoms with Crippen molar-refractivity contribution in [3.63, 3.8) is 0 Å². The van der Waals surface area contributed by atoms with E-state index in [4.69, 9.17) is 29.4 Å². The highest BCUT2D eigenvalue weighted by Crippen LogP contribution is 2.31. The van der Waals surface area contributed by atoms with E-state index >= 15 is 0 Å². The molecule has 2 unspecified atom stereocenters. The molecule has 0 amide bonds. The first-order chi connectivity index (χ1) is 19.4. The highest BCUT2D eigenvalue weighted by Gasteiger charge is 2.26. The Kier molecular flexibility index (Phi) is 16.7. The molecule has 5 atom stereocenters. The van der Waals surface area contributed by atoms with Crippen LogP contribution < -0.4 is 15.2 Å². The molecule has 0 saturated carbocycles. The molecule has 41 heavy (non-hydrogen) atoms. The van der Waals surface area contributed by atoms with Crippen LogP contribution in [0.25, 0.3) is 0 Å². The summed E-state index contributed by atoms with van der Waals surface area (Å²) in [5.41, 5.74) is 6.70. The number of ether oxygens (including phenoxy) is 5. The summed E-state index contributed by atoms with van der Waals surface area (Å²) in [5.74, 6) is -2.02. The van der Waals surface area contributed by atoms with Crippen LogP contribution in [0.4, 0.5) is 4.79 Å². The Bertz CT molecular complexity index is 980. The van der Waals surface area contributed by atoms with E-state index in [1.54, 1.807) is 39.8 Å². The van der Waals surface area contributed by atoms with Gasteiger partial charge in [0.05, 0.1) is 18.4 Å². The molecule has 1 rings (SSSR count). The number of carbonyl (C=O) groups excluding carboxylic acids is 4. The molecule has 0 aliphatic carbocycles. The monoisotopic (exact) mass is 579 g/mol. The molecule has 0 bridgehead atoms. The zero-order valence-corrected chi connectivity index (χ0v) is 25.7. The van der Waals surface area contributed by atoms with Gasteiger partial charge in [0, 0.05) is 0 Å². The smallest absolute Gasteiger partial charge is 0.458 e. The molecule has 0 spiro atoms. The molecule has 1 aromatic carbocycles. The van der Waals surface area contributed by atoms with Gasteiger partial charge in [0.25, 0.3) is 0 Å². The van der Waals surface area contributed by atoms with Crippen molar-refractivity contribution < 1.29 is 42.9 Å². The van der Waals surface area contributed by atoms with Crippen molar-refractivity contribution >= 4 is 24.1 Å². The number of carbonyl (C=O) groups is 4. The van der Waals surface area contributed by atoms with E-state index < -0.39 is 42.3 Å². The third-order valence-electron chi connectivity index (χ3n) is 6.65. The molecular weight excluding hydrogens is 530 g/mol. The molecular formula is C31H49NO9. The van der Waals surface area contributed by atoms with E-state index in [0.29, 0.717) is 18.4 Å². The molecule has 2 N–H and O–H groups in total. The maximum Gasteiger partial charge on any atom is 0.508 e. The van der Waals surface area contributed by atoms with Gasteiger partial charge in [-0.15, -0.1) is 0 Å². The average molecular weight is 580 g/mol. The van der Waals surface area contributed by atoms with Gasteiger partial charge in [-0.1, -0.05) is 66.4 Å². The number of nitrogens with two attached hydrogens (primary N) is 1. The van der Waals surface area contributed by atoms with Crippen molar-refractivity contribution in [2.45, 2.75) is 118 Å². The fourth-order valence-corrected chi connectivity index (χ4v) is 3.86. The van der Waals surface area contributed by atoms with Crippen molar-refractivity contribution in [3.05, 3.63) is 23.8 Å². The van der Waals surface area contributed by atoms with Gasteiger partial charge in [0.2, 0.25) is 0 Å². The molecule has 0 aliphatic rings. The fraction of sp³-hybridized carbons (Fsp3) is 0.677. The van der Waals surface area contributed by atoms with Crippen LogP contribution in [0.3, 0.4) is 0 Å². The Morgan fingerprint density at radius 2 is 1.29 bits per heavy atom. The van der Waals surface area contributed by atoms with E-state index in [2.05, 4.69) is 0 Å². The molecule has 0 fully saturated rings. The third kappa shape index (κ3) is 13.4. The van der Waals surface area contributed by atoms with Gasteiger partial charge < -0.3 is 29.4 Å².